The minimum absolute atomic E-state index is 0.0987. The molecular weight excluding hydrogens is 162 g/mol. The van der Waals surface area contributed by atoms with Gasteiger partial charge in [-0.1, -0.05) is 0 Å². The molecule has 0 aliphatic carbocycles. The average Bonchev–Trinajstić information content (AvgIpc) is 2.05. The first-order chi connectivity index (χ1) is 5.54. The van der Waals surface area contributed by atoms with E-state index >= 15 is 0 Å². The summed E-state index contributed by atoms with van der Waals surface area (Å²) >= 11 is 0. The average molecular weight is 179 g/mol. The number of hydrogen-bond acceptors (Lipinski definition) is 5. The number of hydrogen-bond donors (Lipinski definition) is 4. The van der Waals surface area contributed by atoms with Crippen LogP contribution in [-0.2, 0) is 4.74 Å². The minimum atomic E-state index is -1.22. The molecule has 0 aromatic heterocycles. The van der Waals surface area contributed by atoms with Crippen LogP contribution < -0.4 is 5.73 Å². The van der Waals surface area contributed by atoms with E-state index in [0.717, 1.165) is 0 Å². The second-order valence-electron chi connectivity index (χ2n) is 2.73. The van der Waals surface area contributed by atoms with E-state index in [1.807, 2.05) is 0 Å². The van der Waals surface area contributed by atoms with Crippen LogP contribution in [0.1, 0.15) is 6.92 Å². The lowest BCUT2D eigenvalue weighted by atomic mass is 10.0. The van der Waals surface area contributed by atoms with Crippen molar-refractivity contribution in [2.45, 2.75) is 31.3 Å². The van der Waals surface area contributed by atoms with Gasteiger partial charge in [0, 0.05) is 13.7 Å². The Bertz CT molecular complexity index is 114. The van der Waals surface area contributed by atoms with Gasteiger partial charge >= 0.3 is 0 Å². The Kier molecular flexibility index (Phi) is 5.36. The van der Waals surface area contributed by atoms with E-state index in [1.54, 1.807) is 0 Å². The Morgan fingerprint density at radius 3 is 2.00 bits per heavy atom. The van der Waals surface area contributed by atoms with Crippen molar-refractivity contribution in [2.24, 2.45) is 5.73 Å². The van der Waals surface area contributed by atoms with Gasteiger partial charge in [-0.2, -0.15) is 0 Å². The van der Waals surface area contributed by atoms with E-state index < -0.39 is 24.4 Å². The number of aliphatic hydroxyl groups is 3. The fraction of sp³-hybridized carbons (Fsp3) is 1.00. The van der Waals surface area contributed by atoms with E-state index in [4.69, 9.17) is 15.6 Å². The molecule has 0 aliphatic rings. The molecule has 5 N–H and O–H groups in total. The second-order valence-corrected chi connectivity index (χ2v) is 2.73. The van der Waals surface area contributed by atoms with Crippen LogP contribution in [0.5, 0.6) is 0 Å². The molecule has 0 fully saturated rings. The van der Waals surface area contributed by atoms with Crippen LogP contribution in [0.15, 0.2) is 0 Å². The Morgan fingerprint density at radius 1 is 1.25 bits per heavy atom. The Labute approximate surface area is 71.8 Å². The highest BCUT2D eigenvalue weighted by molar-refractivity contribution is 4.80. The predicted molar refractivity (Wildman–Crippen MR) is 43.5 cm³/mol. The van der Waals surface area contributed by atoms with E-state index in [1.165, 1.54) is 14.0 Å². The van der Waals surface area contributed by atoms with E-state index in [0.29, 0.717) is 0 Å². The zero-order valence-corrected chi connectivity index (χ0v) is 7.34. The lowest BCUT2D eigenvalue weighted by Gasteiger charge is -2.26. The third kappa shape index (κ3) is 3.04. The fourth-order valence-electron chi connectivity index (χ4n) is 0.880. The van der Waals surface area contributed by atoms with Crippen molar-refractivity contribution >= 4 is 0 Å². The van der Waals surface area contributed by atoms with Gasteiger partial charge in [0.15, 0.2) is 0 Å². The van der Waals surface area contributed by atoms with Crippen LogP contribution in [-0.4, -0.2) is 53.4 Å². The maximum atomic E-state index is 9.33. The molecule has 0 saturated heterocycles. The molecule has 0 aromatic carbocycles. The van der Waals surface area contributed by atoms with Crippen LogP contribution in [0.4, 0.5) is 0 Å². The van der Waals surface area contributed by atoms with Crippen molar-refractivity contribution in [3.05, 3.63) is 0 Å². The highest BCUT2D eigenvalue weighted by atomic mass is 16.5. The van der Waals surface area contributed by atoms with Gasteiger partial charge in [0.25, 0.3) is 0 Å². The summed E-state index contributed by atoms with van der Waals surface area (Å²) in [7, 11) is 1.38. The van der Waals surface area contributed by atoms with Crippen LogP contribution in [0.2, 0.25) is 0 Å². The molecule has 0 bridgehead atoms. The number of nitrogens with two attached hydrogens (primary N) is 1. The SMILES string of the molecule is COC(CN)C(O)C(O)C(C)O. The standard InChI is InChI=1S/C7H17NO4/c1-4(9)6(10)7(11)5(3-8)12-2/h4-7,9-11H,3,8H2,1-2H3. The van der Waals surface area contributed by atoms with Crippen molar-refractivity contribution in [2.75, 3.05) is 13.7 Å². The van der Waals surface area contributed by atoms with Crippen molar-refractivity contribution < 1.29 is 20.1 Å². The summed E-state index contributed by atoms with van der Waals surface area (Å²) in [4.78, 5) is 0. The zero-order chi connectivity index (χ0) is 9.72. The molecule has 5 heteroatoms. The summed E-state index contributed by atoms with van der Waals surface area (Å²) in [6.07, 6.45) is -4.02. The first-order valence-electron chi connectivity index (χ1n) is 3.81. The Morgan fingerprint density at radius 2 is 1.75 bits per heavy atom. The van der Waals surface area contributed by atoms with Crippen LogP contribution in [0.25, 0.3) is 0 Å². The largest absolute Gasteiger partial charge is 0.391 e. The van der Waals surface area contributed by atoms with Crippen LogP contribution >= 0.6 is 0 Å². The minimum Gasteiger partial charge on any atom is -0.391 e. The van der Waals surface area contributed by atoms with Gasteiger partial charge in [-0.15, -0.1) is 0 Å². The topological polar surface area (TPSA) is 95.9 Å². The molecule has 0 spiro atoms. The molecule has 0 saturated carbocycles. The van der Waals surface area contributed by atoms with E-state index in [9.17, 15) is 10.2 Å². The van der Waals surface area contributed by atoms with Crippen molar-refractivity contribution in [1.82, 2.24) is 0 Å². The van der Waals surface area contributed by atoms with Gasteiger partial charge in [0.2, 0.25) is 0 Å². The maximum absolute atomic E-state index is 9.33. The second kappa shape index (κ2) is 5.45. The molecular formula is C7H17NO4. The first kappa shape index (κ1) is 11.8. The molecule has 74 valence electrons. The summed E-state index contributed by atoms with van der Waals surface area (Å²) in [6.45, 7) is 1.48. The van der Waals surface area contributed by atoms with Gasteiger partial charge < -0.3 is 25.8 Å². The molecule has 12 heavy (non-hydrogen) atoms. The van der Waals surface area contributed by atoms with E-state index in [2.05, 4.69) is 0 Å². The van der Waals surface area contributed by atoms with Crippen molar-refractivity contribution in [3.63, 3.8) is 0 Å². The van der Waals surface area contributed by atoms with Crippen molar-refractivity contribution in [3.8, 4) is 0 Å². The molecule has 4 atom stereocenters. The molecule has 0 rings (SSSR count). The smallest absolute Gasteiger partial charge is 0.110 e. The summed E-state index contributed by atoms with van der Waals surface area (Å²) in [5.41, 5.74) is 5.24. The molecule has 0 radical (unpaired) electrons. The highest BCUT2D eigenvalue weighted by Crippen LogP contribution is 2.05. The van der Waals surface area contributed by atoms with Gasteiger partial charge in [-0.25, -0.2) is 0 Å². The van der Waals surface area contributed by atoms with Gasteiger partial charge in [0.05, 0.1) is 12.2 Å². The summed E-state index contributed by atoms with van der Waals surface area (Å²) in [6, 6.07) is 0. The third-order valence-electron chi connectivity index (χ3n) is 1.76. The van der Waals surface area contributed by atoms with Crippen LogP contribution in [0.3, 0.4) is 0 Å². The van der Waals surface area contributed by atoms with E-state index in [-0.39, 0.29) is 6.54 Å². The monoisotopic (exact) mass is 179 g/mol. The molecule has 0 aliphatic heterocycles. The Balaban J connectivity index is 4.05. The Hall–Kier alpha value is -0.200. The van der Waals surface area contributed by atoms with Gasteiger partial charge in [-0.3, -0.25) is 0 Å². The quantitative estimate of drug-likeness (QED) is 0.394. The molecule has 0 heterocycles. The number of methoxy groups -OCH3 is 1. The molecule has 5 nitrogen and oxygen atoms in total. The summed E-state index contributed by atoms with van der Waals surface area (Å²) in [5.74, 6) is 0. The molecule has 0 aromatic rings. The summed E-state index contributed by atoms with van der Waals surface area (Å²) in [5, 5.41) is 27.4. The fourth-order valence-corrected chi connectivity index (χ4v) is 0.880. The van der Waals surface area contributed by atoms with Crippen molar-refractivity contribution in [1.29, 1.82) is 0 Å². The first-order valence-corrected chi connectivity index (χ1v) is 3.81. The zero-order valence-electron chi connectivity index (χ0n) is 7.34. The number of aliphatic hydroxyl groups excluding tert-OH is 3. The predicted octanol–water partition coefficient (Wildman–Crippen LogP) is -1.94. The lowest BCUT2D eigenvalue weighted by molar-refractivity contribution is -0.107. The number of ether oxygens (including phenoxy) is 1. The normalized spacial score (nSPS) is 21.5. The molecule has 0 amide bonds. The van der Waals surface area contributed by atoms with Gasteiger partial charge in [-0.05, 0) is 6.92 Å². The third-order valence-corrected chi connectivity index (χ3v) is 1.76. The summed E-state index contributed by atoms with van der Waals surface area (Å²) < 4.78 is 4.79. The number of rotatable bonds is 5. The highest BCUT2D eigenvalue weighted by Gasteiger charge is 2.28. The maximum Gasteiger partial charge on any atom is 0.110 e. The molecule has 4 unspecified atom stereocenters. The van der Waals surface area contributed by atoms with Crippen LogP contribution in [0, 0.1) is 0 Å². The lowest BCUT2D eigenvalue weighted by Crippen LogP contribution is -2.47. The van der Waals surface area contributed by atoms with Gasteiger partial charge in [0.1, 0.15) is 12.2 Å².